The summed E-state index contributed by atoms with van der Waals surface area (Å²) in [6.45, 7) is 5.54. The topological polar surface area (TPSA) is 91.7 Å². The third-order valence-corrected chi connectivity index (χ3v) is 4.33. The molecule has 7 heteroatoms. The molecule has 0 radical (unpaired) electrons. The molecule has 2 aliphatic rings. The van der Waals surface area contributed by atoms with Gasteiger partial charge in [0.25, 0.3) is 0 Å². The maximum atomic E-state index is 12.4. The van der Waals surface area contributed by atoms with Crippen LogP contribution in [0.4, 0.5) is 10.5 Å². The van der Waals surface area contributed by atoms with Gasteiger partial charge in [0, 0.05) is 30.6 Å². The second kappa shape index (κ2) is 8.84. The summed E-state index contributed by atoms with van der Waals surface area (Å²) in [7, 11) is 0. The van der Waals surface area contributed by atoms with Crippen LogP contribution in [0.15, 0.2) is 47.8 Å². The molecule has 0 fully saturated rings. The van der Waals surface area contributed by atoms with Crippen molar-refractivity contribution in [2.75, 3.05) is 31.2 Å². The zero-order chi connectivity index (χ0) is 18.4. The van der Waals surface area contributed by atoms with Gasteiger partial charge in [-0.25, -0.2) is 4.79 Å². The van der Waals surface area contributed by atoms with Gasteiger partial charge in [-0.2, -0.15) is 0 Å². The maximum absolute atomic E-state index is 12.4. The van der Waals surface area contributed by atoms with E-state index in [1.54, 1.807) is 4.90 Å². The Bertz CT molecular complexity index is 684. The fourth-order valence-corrected chi connectivity index (χ4v) is 2.95. The average Bonchev–Trinajstić information content (AvgIpc) is 3.05. The third-order valence-electron chi connectivity index (χ3n) is 4.33. The molecule has 0 spiro atoms. The number of anilines is 1. The van der Waals surface area contributed by atoms with Crippen LogP contribution in [0.3, 0.4) is 0 Å². The van der Waals surface area contributed by atoms with Crippen molar-refractivity contribution in [2.24, 2.45) is 5.73 Å². The number of amides is 2. The van der Waals surface area contributed by atoms with Crippen LogP contribution >= 0.6 is 0 Å². The molecule has 7 nitrogen and oxygen atoms in total. The van der Waals surface area contributed by atoms with Crippen LogP contribution in [0.25, 0.3) is 0 Å². The van der Waals surface area contributed by atoms with Gasteiger partial charge in [-0.15, -0.1) is 0 Å². The Morgan fingerprint density at radius 1 is 1.27 bits per heavy atom. The van der Waals surface area contributed by atoms with Crippen molar-refractivity contribution in [1.82, 2.24) is 16.0 Å². The highest BCUT2D eigenvalue weighted by molar-refractivity contribution is 5.96. The molecule has 2 amide bonds. The Morgan fingerprint density at radius 3 is 2.81 bits per heavy atom. The predicted octanol–water partition coefficient (Wildman–Crippen LogP) is 1.39. The minimum Gasteiger partial charge on any atom is -0.376 e. The first kappa shape index (κ1) is 18.4. The number of nitrogens with zero attached hydrogens (tertiary/aromatic N) is 1. The molecule has 2 aliphatic heterocycles. The second-order valence-corrected chi connectivity index (χ2v) is 6.32. The number of rotatable bonds is 9. The van der Waals surface area contributed by atoms with Crippen LogP contribution in [-0.2, 0) is 11.3 Å². The highest BCUT2D eigenvalue weighted by Crippen LogP contribution is 2.24. The first-order valence-electron chi connectivity index (χ1n) is 9.07. The lowest BCUT2D eigenvalue weighted by atomic mass is 10.1. The van der Waals surface area contributed by atoms with E-state index in [1.165, 1.54) is 5.56 Å². The van der Waals surface area contributed by atoms with E-state index >= 15 is 0 Å². The van der Waals surface area contributed by atoms with Crippen LogP contribution in [0.5, 0.6) is 0 Å². The van der Waals surface area contributed by atoms with Crippen molar-refractivity contribution in [1.29, 1.82) is 0 Å². The number of ether oxygens (including phenoxy) is 1. The molecule has 2 heterocycles. The van der Waals surface area contributed by atoms with E-state index in [4.69, 9.17) is 10.5 Å². The molecule has 1 aromatic rings. The molecule has 140 valence electrons. The first-order valence-corrected chi connectivity index (χ1v) is 9.07. The van der Waals surface area contributed by atoms with Crippen LogP contribution < -0.4 is 26.6 Å². The number of hydrogen-bond donors (Lipinski definition) is 4. The molecular formula is C19H27N5O2. The van der Waals surface area contributed by atoms with Crippen molar-refractivity contribution in [3.05, 3.63) is 53.4 Å². The normalized spacial score (nSPS) is 18.8. The van der Waals surface area contributed by atoms with E-state index in [-0.39, 0.29) is 12.2 Å². The van der Waals surface area contributed by atoms with Crippen LogP contribution in [0.2, 0.25) is 0 Å². The standard InChI is InChI=1S/C19H27N5O2/c1-2-26-13-16-10-15-12-24(19(25)23-18(15)22-16)17-6-4-14(5-7-17)11-21-9-3-8-20/h4-7,10,12,18,21-22H,2-3,8-9,11,13,20H2,1H3,(H,23,25). The van der Waals surface area contributed by atoms with E-state index in [9.17, 15) is 4.79 Å². The number of carbonyl (C=O) groups excluding carboxylic acids is 1. The summed E-state index contributed by atoms with van der Waals surface area (Å²) in [6.07, 6.45) is 4.69. The van der Waals surface area contributed by atoms with E-state index in [0.717, 1.165) is 36.5 Å². The number of nitrogens with one attached hydrogen (secondary N) is 3. The average molecular weight is 357 g/mol. The Morgan fingerprint density at radius 2 is 2.08 bits per heavy atom. The van der Waals surface area contributed by atoms with Gasteiger partial charge >= 0.3 is 6.03 Å². The van der Waals surface area contributed by atoms with Crippen molar-refractivity contribution in [3.63, 3.8) is 0 Å². The minimum absolute atomic E-state index is 0.147. The molecule has 0 saturated heterocycles. The lowest BCUT2D eigenvalue weighted by Gasteiger charge is -2.29. The van der Waals surface area contributed by atoms with Gasteiger partial charge in [0.1, 0.15) is 6.17 Å². The van der Waals surface area contributed by atoms with Gasteiger partial charge in [-0.05, 0) is 50.2 Å². The smallest absolute Gasteiger partial charge is 0.327 e. The molecule has 0 aromatic heterocycles. The van der Waals surface area contributed by atoms with Crippen LogP contribution in [-0.4, -0.2) is 38.5 Å². The van der Waals surface area contributed by atoms with Gasteiger partial charge in [-0.3, -0.25) is 4.90 Å². The predicted molar refractivity (Wildman–Crippen MR) is 102 cm³/mol. The fourth-order valence-electron chi connectivity index (χ4n) is 2.95. The molecule has 0 bridgehead atoms. The van der Waals surface area contributed by atoms with E-state index < -0.39 is 0 Å². The molecule has 5 N–H and O–H groups in total. The molecule has 1 aromatic carbocycles. The lowest BCUT2D eigenvalue weighted by molar-refractivity contribution is 0.166. The first-order chi connectivity index (χ1) is 12.7. The number of nitrogens with two attached hydrogens (primary N) is 1. The Hall–Kier alpha value is -2.35. The zero-order valence-electron chi connectivity index (χ0n) is 15.1. The highest BCUT2D eigenvalue weighted by atomic mass is 16.5. The summed E-state index contributed by atoms with van der Waals surface area (Å²) in [5, 5.41) is 9.59. The zero-order valence-corrected chi connectivity index (χ0v) is 15.1. The quantitative estimate of drug-likeness (QED) is 0.501. The molecule has 1 unspecified atom stereocenters. The monoisotopic (exact) mass is 357 g/mol. The Balaban J connectivity index is 1.65. The van der Waals surface area contributed by atoms with Crippen LogP contribution in [0, 0.1) is 0 Å². The van der Waals surface area contributed by atoms with Gasteiger partial charge in [0.15, 0.2) is 0 Å². The Labute approximate surface area is 154 Å². The summed E-state index contributed by atoms with van der Waals surface area (Å²) >= 11 is 0. The van der Waals surface area contributed by atoms with Gasteiger partial charge in [0.2, 0.25) is 0 Å². The number of hydrogen-bond acceptors (Lipinski definition) is 5. The lowest BCUT2D eigenvalue weighted by Crippen LogP contribution is -2.51. The second-order valence-electron chi connectivity index (χ2n) is 6.32. The van der Waals surface area contributed by atoms with Gasteiger partial charge in [0.05, 0.1) is 12.3 Å². The summed E-state index contributed by atoms with van der Waals surface area (Å²) in [5.41, 5.74) is 9.50. The summed E-state index contributed by atoms with van der Waals surface area (Å²) in [4.78, 5) is 14.1. The number of benzene rings is 1. The summed E-state index contributed by atoms with van der Waals surface area (Å²) < 4.78 is 5.43. The largest absolute Gasteiger partial charge is 0.376 e. The van der Waals surface area contributed by atoms with Crippen molar-refractivity contribution in [3.8, 4) is 0 Å². The number of urea groups is 1. The van der Waals surface area contributed by atoms with Crippen LogP contribution in [0.1, 0.15) is 18.9 Å². The summed E-state index contributed by atoms with van der Waals surface area (Å²) in [6, 6.07) is 7.85. The maximum Gasteiger partial charge on any atom is 0.327 e. The molecule has 1 atom stereocenters. The molecular weight excluding hydrogens is 330 g/mol. The fraction of sp³-hybridized carbons (Fsp3) is 0.421. The third kappa shape index (κ3) is 4.43. The highest BCUT2D eigenvalue weighted by Gasteiger charge is 2.30. The molecule has 0 aliphatic carbocycles. The molecule has 26 heavy (non-hydrogen) atoms. The Kier molecular flexibility index (Phi) is 6.27. The van der Waals surface area contributed by atoms with Crippen molar-refractivity contribution in [2.45, 2.75) is 26.1 Å². The van der Waals surface area contributed by atoms with Crippen molar-refractivity contribution < 1.29 is 9.53 Å². The van der Waals surface area contributed by atoms with E-state index in [2.05, 4.69) is 16.0 Å². The number of fused-ring (bicyclic) bond motifs is 1. The SMILES string of the molecule is CCOCC1=CC2=CN(c3ccc(CNCCCN)cc3)C(=O)NC2N1. The van der Waals surface area contributed by atoms with Gasteiger partial charge < -0.3 is 26.4 Å². The molecule has 0 saturated carbocycles. The number of carbonyl (C=O) groups is 1. The van der Waals surface area contributed by atoms with E-state index in [1.807, 2.05) is 43.5 Å². The minimum atomic E-state index is -0.180. The molecule has 3 rings (SSSR count). The van der Waals surface area contributed by atoms with Crippen molar-refractivity contribution >= 4 is 11.7 Å². The van der Waals surface area contributed by atoms with Gasteiger partial charge in [-0.1, -0.05) is 12.1 Å². The summed E-state index contributed by atoms with van der Waals surface area (Å²) in [5.74, 6) is 0. The van der Waals surface area contributed by atoms with E-state index in [0.29, 0.717) is 19.8 Å².